The molecule has 0 aromatic carbocycles. The number of amides is 2. The second-order valence-corrected chi connectivity index (χ2v) is 13.1. The summed E-state index contributed by atoms with van der Waals surface area (Å²) in [7, 11) is -4.94. The zero-order valence-electron chi connectivity index (χ0n) is 27.4. The molecule has 0 bridgehead atoms. The fourth-order valence-corrected chi connectivity index (χ4v) is 5.34. The van der Waals surface area contributed by atoms with Crippen molar-refractivity contribution in [3.8, 4) is 0 Å². The van der Waals surface area contributed by atoms with E-state index in [-0.39, 0.29) is 97.2 Å². The van der Waals surface area contributed by atoms with Crippen molar-refractivity contribution < 1.29 is 41.6 Å². The van der Waals surface area contributed by atoms with Gasteiger partial charge < -0.3 is 20.1 Å². The molecule has 0 saturated carbocycles. The quantitative estimate of drug-likeness (QED) is 0.0425. The molecule has 1 unspecified atom stereocenters. The molecule has 0 aromatic rings. The zero-order valence-corrected chi connectivity index (χ0v) is 28.2. The van der Waals surface area contributed by atoms with Gasteiger partial charge in [-0.05, 0) is 12.8 Å². The number of carbonyl (C=O) groups excluding carboxylic acids is 4. The van der Waals surface area contributed by atoms with Crippen LogP contribution in [0.3, 0.4) is 0 Å². The summed E-state index contributed by atoms with van der Waals surface area (Å²) in [6.45, 7) is 3.88. The zero-order chi connectivity index (χ0) is 32.9. The molecular formula is C32H62N2Na2O9S. The number of hydrogen-bond donors (Lipinski definition) is 3. The number of unbranched alkanes of at least 4 members (excludes halogenated alkanes) is 16. The van der Waals surface area contributed by atoms with Crippen molar-refractivity contribution in [2.45, 2.75) is 154 Å². The molecule has 0 rings (SSSR count). The predicted octanol–water partition coefficient (Wildman–Crippen LogP) is 4.50. The van der Waals surface area contributed by atoms with E-state index in [2.05, 4.69) is 24.5 Å². The summed E-state index contributed by atoms with van der Waals surface area (Å²) in [5.74, 6) is -2.71. The molecule has 46 heavy (non-hydrogen) atoms. The fraction of sp³-hybridized carbons (Fsp3) is 0.875. The van der Waals surface area contributed by atoms with Crippen LogP contribution in [0.1, 0.15) is 149 Å². The van der Waals surface area contributed by atoms with Gasteiger partial charge in [0.1, 0.15) is 13.2 Å². The van der Waals surface area contributed by atoms with Crippen LogP contribution in [0.15, 0.2) is 0 Å². The van der Waals surface area contributed by atoms with E-state index in [1.165, 1.54) is 77.0 Å². The third kappa shape index (κ3) is 32.3. The summed E-state index contributed by atoms with van der Waals surface area (Å²) in [5.41, 5.74) is 0. The molecule has 2 amide bonds. The number of rotatable bonds is 30. The normalized spacial score (nSPS) is 11.5. The number of hydrogen-bond acceptors (Lipinski definition) is 8. The molecule has 0 aliphatic heterocycles. The van der Waals surface area contributed by atoms with Gasteiger partial charge >= 0.3 is 71.1 Å². The molecular weight excluding hydrogens is 634 g/mol. The van der Waals surface area contributed by atoms with Crippen LogP contribution in [0.25, 0.3) is 0 Å². The molecule has 262 valence electrons. The first-order valence-electron chi connectivity index (χ1n) is 16.9. The van der Waals surface area contributed by atoms with Gasteiger partial charge in [0.05, 0.1) is 19.5 Å². The first kappa shape index (κ1) is 50.2. The standard InChI is InChI=1S/C32H60N2O9S.2Na.2H/c1-3-5-7-9-11-13-15-17-19-21-29(35)33-23-25-42-31(37)27-28(44(39,40)41)32(38)43-26-24-34-30(36)22-20-18-16-14-12-10-8-6-4-2;;;;/h28H,3-27H2,1-2H3,(H,33,35)(H,34,36)(H,39,40,41);;;;. The minimum atomic E-state index is -4.94. The predicted molar refractivity (Wildman–Crippen MR) is 186 cm³/mol. The molecule has 0 aliphatic carbocycles. The third-order valence-corrected chi connectivity index (χ3v) is 8.42. The van der Waals surface area contributed by atoms with Crippen LogP contribution in [-0.2, 0) is 38.8 Å². The SMILES string of the molecule is CCCCCCCCCCCC(=O)NCCOC(=O)CC(C(=O)OCCNC(=O)CCCCCCCCCCC)S(=O)(=O)O.[NaH].[NaH]. The molecule has 3 N–H and O–H groups in total. The van der Waals surface area contributed by atoms with Crippen molar-refractivity contribution in [2.24, 2.45) is 0 Å². The Balaban J connectivity index is -0.00000924. The summed E-state index contributed by atoms with van der Waals surface area (Å²) in [5, 5.41) is 3.09. The van der Waals surface area contributed by atoms with E-state index < -0.39 is 33.7 Å². The van der Waals surface area contributed by atoms with Gasteiger partial charge in [0.15, 0.2) is 5.25 Å². The van der Waals surface area contributed by atoms with E-state index >= 15 is 0 Å². The van der Waals surface area contributed by atoms with Crippen LogP contribution in [0.5, 0.6) is 0 Å². The van der Waals surface area contributed by atoms with Crippen molar-refractivity contribution in [1.82, 2.24) is 10.6 Å². The van der Waals surface area contributed by atoms with E-state index in [1.54, 1.807) is 0 Å². The van der Waals surface area contributed by atoms with E-state index in [0.717, 1.165) is 38.5 Å². The van der Waals surface area contributed by atoms with Gasteiger partial charge in [-0.2, -0.15) is 8.42 Å². The van der Waals surface area contributed by atoms with Crippen molar-refractivity contribution in [1.29, 1.82) is 0 Å². The Morgan fingerprint density at radius 1 is 0.587 bits per heavy atom. The molecule has 0 spiro atoms. The Hall–Kier alpha value is -0.210. The van der Waals surface area contributed by atoms with Crippen LogP contribution in [0.2, 0.25) is 0 Å². The van der Waals surface area contributed by atoms with E-state index in [9.17, 15) is 32.1 Å². The summed E-state index contributed by atoms with van der Waals surface area (Å²) in [6.07, 6.45) is 20.4. The summed E-state index contributed by atoms with van der Waals surface area (Å²) >= 11 is 0. The number of ether oxygens (including phenoxy) is 2. The van der Waals surface area contributed by atoms with Crippen molar-refractivity contribution in [2.75, 3.05) is 26.3 Å². The van der Waals surface area contributed by atoms with Gasteiger partial charge in [0, 0.05) is 12.8 Å². The Bertz CT molecular complexity index is 893. The van der Waals surface area contributed by atoms with Gasteiger partial charge in [0.25, 0.3) is 10.1 Å². The van der Waals surface area contributed by atoms with Gasteiger partial charge in [-0.3, -0.25) is 23.7 Å². The van der Waals surface area contributed by atoms with Crippen LogP contribution in [0, 0.1) is 0 Å². The second-order valence-electron chi connectivity index (χ2n) is 11.5. The van der Waals surface area contributed by atoms with E-state index in [0.29, 0.717) is 12.8 Å². The summed E-state index contributed by atoms with van der Waals surface area (Å²) in [6, 6.07) is 0. The summed E-state index contributed by atoms with van der Waals surface area (Å²) in [4.78, 5) is 48.2. The van der Waals surface area contributed by atoms with Crippen LogP contribution < -0.4 is 10.6 Å². The minimum absolute atomic E-state index is 0. The number of esters is 2. The number of nitrogens with one attached hydrogen (secondary N) is 2. The molecule has 11 nitrogen and oxygen atoms in total. The average Bonchev–Trinajstić information content (AvgIpc) is 2.98. The van der Waals surface area contributed by atoms with Gasteiger partial charge in [0.2, 0.25) is 11.8 Å². The maximum atomic E-state index is 12.2. The number of carbonyl (C=O) groups is 4. The van der Waals surface area contributed by atoms with Gasteiger partial charge in [-0.1, -0.05) is 117 Å². The van der Waals surface area contributed by atoms with Crippen LogP contribution in [-0.4, -0.2) is 127 Å². The van der Waals surface area contributed by atoms with Crippen LogP contribution >= 0.6 is 0 Å². The Kier molecular flexibility index (Phi) is 37.8. The van der Waals surface area contributed by atoms with Crippen molar-refractivity contribution >= 4 is 93.0 Å². The molecule has 0 heterocycles. The first-order valence-corrected chi connectivity index (χ1v) is 18.4. The third-order valence-electron chi connectivity index (χ3n) is 7.35. The molecule has 14 heteroatoms. The molecule has 0 fully saturated rings. The van der Waals surface area contributed by atoms with Crippen molar-refractivity contribution in [3.05, 3.63) is 0 Å². The Morgan fingerprint density at radius 3 is 1.30 bits per heavy atom. The van der Waals surface area contributed by atoms with Crippen molar-refractivity contribution in [3.63, 3.8) is 0 Å². The Morgan fingerprint density at radius 2 is 0.935 bits per heavy atom. The summed E-state index contributed by atoms with van der Waals surface area (Å²) < 4.78 is 42.5. The molecule has 0 saturated heterocycles. The Labute approximate surface area is 322 Å². The van der Waals surface area contributed by atoms with Gasteiger partial charge in [-0.15, -0.1) is 0 Å². The van der Waals surface area contributed by atoms with Crippen LogP contribution in [0.4, 0.5) is 0 Å². The van der Waals surface area contributed by atoms with E-state index in [1.807, 2.05) is 0 Å². The first-order chi connectivity index (χ1) is 21.1. The average molecular weight is 697 g/mol. The molecule has 0 aliphatic rings. The van der Waals surface area contributed by atoms with E-state index in [4.69, 9.17) is 9.47 Å². The molecule has 1 atom stereocenters. The topological polar surface area (TPSA) is 165 Å². The van der Waals surface area contributed by atoms with Gasteiger partial charge in [-0.25, -0.2) is 0 Å². The second kappa shape index (κ2) is 34.6. The maximum absolute atomic E-state index is 12.2. The molecule has 0 aromatic heterocycles. The monoisotopic (exact) mass is 696 g/mol. The molecule has 0 radical (unpaired) electrons. The fourth-order valence-electron chi connectivity index (χ4n) is 4.68.